The standard InChI is InChI=1S/C10H6N2O4/c13-8(11-16)5-12-9(14)6-3-1-2-4-7(6)10(12)15/h1-4H,5H2. The number of fused-ring (bicyclic) bond motifs is 1. The molecule has 1 heterocycles. The second kappa shape index (κ2) is 3.65. The van der Waals surface area contributed by atoms with Gasteiger partial charge in [-0.25, -0.2) is 0 Å². The number of benzene rings is 1. The molecule has 6 nitrogen and oxygen atoms in total. The third-order valence-corrected chi connectivity index (χ3v) is 2.27. The number of amides is 3. The number of carbonyl (C=O) groups is 3. The van der Waals surface area contributed by atoms with Crippen molar-refractivity contribution in [3.63, 3.8) is 0 Å². The van der Waals surface area contributed by atoms with Crippen LogP contribution >= 0.6 is 0 Å². The fourth-order valence-corrected chi connectivity index (χ4v) is 1.55. The van der Waals surface area contributed by atoms with Gasteiger partial charge in [-0.05, 0) is 12.1 Å². The topological polar surface area (TPSA) is 83.9 Å². The lowest BCUT2D eigenvalue weighted by atomic mass is 10.1. The molecule has 0 saturated carbocycles. The first-order valence-corrected chi connectivity index (χ1v) is 4.46. The van der Waals surface area contributed by atoms with E-state index in [0.29, 0.717) is 4.90 Å². The number of hydrogen-bond acceptors (Lipinski definition) is 4. The van der Waals surface area contributed by atoms with Crippen LogP contribution in [0.1, 0.15) is 20.7 Å². The highest BCUT2D eigenvalue weighted by Gasteiger charge is 2.36. The highest BCUT2D eigenvalue weighted by atomic mass is 16.3. The van der Waals surface area contributed by atoms with Gasteiger partial charge in [0.15, 0.2) is 0 Å². The molecule has 1 aromatic carbocycles. The second-order valence-electron chi connectivity index (χ2n) is 3.23. The first kappa shape index (κ1) is 10.2. The van der Waals surface area contributed by atoms with Crippen LogP contribution in [-0.2, 0) is 4.79 Å². The van der Waals surface area contributed by atoms with Crippen LogP contribution in [0.5, 0.6) is 0 Å². The summed E-state index contributed by atoms with van der Waals surface area (Å²) in [5.41, 5.74) is 0.484. The van der Waals surface area contributed by atoms with E-state index >= 15 is 0 Å². The highest BCUT2D eigenvalue weighted by molar-refractivity contribution is 6.22. The summed E-state index contributed by atoms with van der Waals surface area (Å²) >= 11 is 0. The van der Waals surface area contributed by atoms with Gasteiger partial charge in [0.1, 0.15) is 6.54 Å². The molecule has 16 heavy (non-hydrogen) atoms. The van der Waals surface area contributed by atoms with E-state index in [4.69, 9.17) is 0 Å². The molecule has 0 aromatic heterocycles. The highest BCUT2D eigenvalue weighted by Crippen LogP contribution is 2.21. The molecule has 0 saturated heterocycles. The summed E-state index contributed by atoms with van der Waals surface area (Å²) in [5, 5.41) is 2.15. The fourth-order valence-electron chi connectivity index (χ4n) is 1.55. The lowest BCUT2D eigenvalue weighted by molar-refractivity contribution is -0.118. The predicted octanol–water partition coefficient (Wildman–Crippen LogP) is 0.576. The molecule has 0 fully saturated rings. The molecule has 0 radical (unpaired) electrons. The van der Waals surface area contributed by atoms with Crippen molar-refractivity contribution in [2.45, 2.75) is 0 Å². The van der Waals surface area contributed by atoms with Gasteiger partial charge in [0.25, 0.3) is 11.8 Å². The zero-order valence-electron chi connectivity index (χ0n) is 8.04. The Morgan fingerprint density at radius 2 is 1.62 bits per heavy atom. The van der Waals surface area contributed by atoms with E-state index in [1.54, 1.807) is 12.1 Å². The molecule has 3 amide bonds. The maximum absolute atomic E-state index is 11.7. The number of nitrogens with zero attached hydrogens (tertiary/aromatic N) is 2. The van der Waals surface area contributed by atoms with E-state index in [1.165, 1.54) is 12.1 Å². The Bertz CT molecular complexity index is 474. The Morgan fingerprint density at radius 3 is 2.06 bits per heavy atom. The van der Waals surface area contributed by atoms with Crippen LogP contribution < -0.4 is 0 Å². The monoisotopic (exact) mass is 218 g/mol. The zero-order valence-corrected chi connectivity index (χ0v) is 8.04. The minimum absolute atomic E-state index is 0.242. The molecule has 6 heteroatoms. The Hall–Kier alpha value is -2.37. The van der Waals surface area contributed by atoms with Crippen LogP contribution in [0, 0.1) is 4.91 Å². The third-order valence-electron chi connectivity index (χ3n) is 2.27. The van der Waals surface area contributed by atoms with Crippen molar-refractivity contribution in [3.05, 3.63) is 40.3 Å². The molecule has 0 bridgehead atoms. The average Bonchev–Trinajstić information content (AvgIpc) is 2.55. The quantitative estimate of drug-likeness (QED) is 0.536. The number of imide groups is 1. The van der Waals surface area contributed by atoms with Crippen molar-refractivity contribution in [1.29, 1.82) is 0 Å². The Balaban J connectivity index is 2.35. The molecule has 1 aliphatic heterocycles. The summed E-state index contributed by atoms with van der Waals surface area (Å²) in [4.78, 5) is 44.8. The molecular formula is C10H6N2O4. The first-order chi connectivity index (χ1) is 7.65. The Morgan fingerprint density at radius 1 is 1.12 bits per heavy atom. The van der Waals surface area contributed by atoms with Gasteiger partial charge in [-0.2, -0.15) is 0 Å². The molecule has 0 unspecified atom stereocenters. The molecule has 0 atom stereocenters. The fraction of sp³-hybridized carbons (Fsp3) is 0.100. The smallest absolute Gasteiger partial charge is 0.269 e. The van der Waals surface area contributed by atoms with Crippen molar-refractivity contribution < 1.29 is 14.4 Å². The molecule has 1 aromatic rings. The third kappa shape index (κ3) is 1.40. The van der Waals surface area contributed by atoms with Crippen LogP contribution in [0.25, 0.3) is 0 Å². The van der Waals surface area contributed by atoms with Gasteiger partial charge in [0.05, 0.1) is 11.1 Å². The predicted molar refractivity (Wildman–Crippen MR) is 52.6 cm³/mol. The number of rotatable bonds is 2. The summed E-state index contributed by atoms with van der Waals surface area (Å²) in [6, 6.07) is 6.23. The zero-order chi connectivity index (χ0) is 11.7. The van der Waals surface area contributed by atoms with E-state index in [1.807, 2.05) is 0 Å². The molecule has 2 rings (SSSR count). The molecule has 0 N–H and O–H groups in total. The molecular weight excluding hydrogens is 212 g/mol. The van der Waals surface area contributed by atoms with Crippen molar-refractivity contribution in [3.8, 4) is 0 Å². The van der Waals surface area contributed by atoms with Gasteiger partial charge >= 0.3 is 5.91 Å². The van der Waals surface area contributed by atoms with Crippen LogP contribution in [0.4, 0.5) is 0 Å². The molecule has 0 spiro atoms. The SMILES string of the molecule is O=NC(=O)CN1C(=O)c2ccccc2C1=O. The summed E-state index contributed by atoms with van der Waals surface area (Å²) < 4.78 is 0. The minimum atomic E-state index is -1.05. The molecule has 1 aliphatic rings. The van der Waals surface area contributed by atoms with Gasteiger partial charge in [-0.15, -0.1) is 4.91 Å². The van der Waals surface area contributed by atoms with Crippen molar-refractivity contribution in [2.75, 3.05) is 6.54 Å². The summed E-state index contributed by atoms with van der Waals surface area (Å²) in [7, 11) is 0. The van der Waals surface area contributed by atoms with Gasteiger partial charge in [-0.3, -0.25) is 19.3 Å². The normalized spacial score (nSPS) is 13.9. The van der Waals surface area contributed by atoms with Crippen LogP contribution in [-0.4, -0.2) is 29.2 Å². The lowest BCUT2D eigenvalue weighted by Crippen LogP contribution is -2.34. The Kier molecular flexibility index (Phi) is 2.32. The summed E-state index contributed by atoms with van der Waals surface area (Å²) in [6.45, 7) is -0.601. The van der Waals surface area contributed by atoms with Gasteiger partial charge in [0.2, 0.25) is 0 Å². The van der Waals surface area contributed by atoms with E-state index < -0.39 is 24.3 Å². The maximum atomic E-state index is 11.7. The number of nitroso groups, excluding NO2 is 1. The van der Waals surface area contributed by atoms with E-state index in [2.05, 4.69) is 5.18 Å². The van der Waals surface area contributed by atoms with Crippen LogP contribution in [0.15, 0.2) is 29.4 Å². The molecule has 0 aliphatic carbocycles. The van der Waals surface area contributed by atoms with Crippen LogP contribution in [0.3, 0.4) is 0 Å². The van der Waals surface area contributed by atoms with Gasteiger partial charge in [-0.1, -0.05) is 12.1 Å². The largest absolute Gasteiger partial charge is 0.306 e. The van der Waals surface area contributed by atoms with Crippen LogP contribution in [0.2, 0.25) is 0 Å². The average molecular weight is 218 g/mol. The Labute approximate surface area is 89.8 Å². The van der Waals surface area contributed by atoms with Gasteiger partial charge in [0, 0.05) is 5.18 Å². The number of carbonyl (C=O) groups excluding carboxylic acids is 3. The first-order valence-electron chi connectivity index (χ1n) is 4.46. The maximum Gasteiger partial charge on any atom is 0.306 e. The van der Waals surface area contributed by atoms with E-state index in [9.17, 15) is 19.3 Å². The van der Waals surface area contributed by atoms with Crippen molar-refractivity contribution >= 4 is 17.7 Å². The minimum Gasteiger partial charge on any atom is -0.269 e. The summed E-state index contributed by atoms with van der Waals surface area (Å²) in [6.07, 6.45) is 0. The second-order valence-corrected chi connectivity index (χ2v) is 3.23. The number of hydrogen-bond donors (Lipinski definition) is 0. The van der Waals surface area contributed by atoms with E-state index in [0.717, 1.165) is 0 Å². The van der Waals surface area contributed by atoms with E-state index in [-0.39, 0.29) is 11.1 Å². The van der Waals surface area contributed by atoms with Gasteiger partial charge < -0.3 is 0 Å². The van der Waals surface area contributed by atoms with Crippen molar-refractivity contribution in [2.24, 2.45) is 5.18 Å². The van der Waals surface area contributed by atoms with Crippen molar-refractivity contribution in [1.82, 2.24) is 4.90 Å². The molecule has 80 valence electrons. The lowest BCUT2D eigenvalue weighted by Gasteiger charge is -2.09. The summed E-state index contributed by atoms with van der Waals surface area (Å²) in [5.74, 6) is -2.19.